The number of aromatic nitrogens is 2. The molecule has 0 radical (unpaired) electrons. The number of alkyl halides is 3. The Morgan fingerprint density at radius 1 is 1.22 bits per heavy atom. The number of hydrogen-bond acceptors (Lipinski definition) is 5. The third-order valence-corrected chi connectivity index (χ3v) is 3.51. The van der Waals surface area contributed by atoms with E-state index >= 15 is 0 Å². The minimum absolute atomic E-state index is 0.401. The number of hydrogen-bond donors (Lipinski definition) is 2. The van der Waals surface area contributed by atoms with Gasteiger partial charge in [0.15, 0.2) is 0 Å². The van der Waals surface area contributed by atoms with Gasteiger partial charge in [-0.05, 0) is 0 Å². The molecule has 2 N–H and O–H groups in total. The molecule has 9 nitrogen and oxygen atoms in total. The van der Waals surface area contributed by atoms with Gasteiger partial charge in [0.2, 0.25) is 0 Å². The first kappa shape index (κ1) is 16.6. The number of anilines is 1. The Labute approximate surface area is 125 Å². The van der Waals surface area contributed by atoms with Crippen LogP contribution in [0.5, 0.6) is 0 Å². The van der Waals surface area contributed by atoms with Crippen molar-refractivity contribution < 1.29 is 27.5 Å². The number of nitrogens with one attached hydrogen (secondary N) is 2. The number of alkyl carbamates (subject to hydrolysis) is 1. The van der Waals surface area contributed by atoms with Crippen molar-refractivity contribution >= 4 is 17.8 Å². The van der Waals surface area contributed by atoms with Crippen LogP contribution in [0.4, 0.5) is 23.8 Å². The molecule has 12 heteroatoms. The van der Waals surface area contributed by atoms with Crippen molar-refractivity contribution in [3.8, 4) is 0 Å². The number of methoxy groups -OCH3 is 1. The Kier molecular flexibility index (Phi) is 3.50. The van der Waals surface area contributed by atoms with Crippen LogP contribution in [0.1, 0.15) is 5.56 Å². The Hall–Kier alpha value is -2.79. The van der Waals surface area contributed by atoms with Crippen molar-refractivity contribution in [2.75, 3.05) is 12.4 Å². The van der Waals surface area contributed by atoms with Gasteiger partial charge >= 0.3 is 18.0 Å². The van der Waals surface area contributed by atoms with Crippen molar-refractivity contribution in [1.29, 1.82) is 0 Å². The SMILES string of the molecule is COC(=O)NC1(C(F)(F)F)C(=O)Nc2c1c(=O)n(C)c(=O)n2C. The maximum absolute atomic E-state index is 13.6. The maximum Gasteiger partial charge on any atom is 0.425 e. The van der Waals surface area contributed by atoms with E-state index in [1.807, 2.05) is 5.32 Å². The summed E-state index contributed by atoms with van der Waals surface area (Å²) in [5.41, 5.74) is -7.07. The van der Waals surface area contributed by atoms with Crippen molar-refractivity contribution in [2.45, 2.75) is 11.7 Å². The van der Waals surface area contributed by atoms with Gasteiger partial charge in [0, 0.05) is 14.1 Å². The molecule has 1 unspecified atom stereocenters. The molecular weight excluding hydrogens is 325 g/mol. The Bertz CT molecular complexity index is 825. The van der Waals surface area contributed by atoms with Crippen LogP contribution in [-0.4, -0.2) is 34.4 Å². The lowest BCUT2D eigenvalue weighted by molar-refractivity contribution is -0.197. The quantitative estimate of drug-likeness (QED) is 0.694. The van der Waals surface area contributed by atoms with Crippen molar-refractivity contribution in [3.63, 3.8) is 0 Å². The van der Waals surface area contributed by atoms with Crippen molar-refractivity contribution in [3.05, 3.63) is 26.4 Å². The molecule has 2 rings (SSSR count). The molecule has 0 saturated heterocycles. The van der Waals surface area contributed by atoms with Crippen LogP contribution >= 0.6 is 0 Å². The smallest absolute Gasteiger partial charge is 0.425 e. The highest BCUT2D eigenvalue weighted by Crippen LogP contribution is 2.44. The van der Waals surface area contributed by atoms with Gasteiger partial charge < -0.3 is 10.1 Å². The van der Waals surface area contributed by atoms with Gasteiger partial charge in [0.25, 0.3) is 17.0 Å². The average Bonchev–Trinajstić information content (AvgIpc) is 2.76. The monoisotopic (exact) mass is 336 g/mol. The fourth-order valence-electron chi connectivity index (χ4n) is 2.31. The lowest BCUT2D eigenvalue weighted by Gasteiger charge is -2.29. The number of nitrogens with zero attached hydrogens (tertiary/aromatic N) is 2. The number of ether oxygens (including phenoxy) is 1. The van der Waals surface area contributed by atoms with Gasteiger partial charge in [0.05, 0.1) is 7.11 Å². The first-order chi connectivity index (χ1) is 10.5. The molecule has 1 atom stereocenters. The second-order valence-electron chi connectivity index (χ2n) is 4.75. The Morgan fingerprint density at radius 3 is 2.26 bits per heavy atom. The van der Waals surface area contributed by atoms with Crippen LogP contribution in [0, 0.1) is 0 Å². The second kappa shape index (κ2) is 4.86. The van der Waals surface area contributed by atoms with E-state index in [1.54, 1.807) is 0 Å². The van der Waals surface area contributed by atoms with Crippen LogP contribution in [0.15, 0.2) is 9.59 Å². The third kappa shape index (κ3) is 2.01. The summed E-state index contributed by atoms with van der Waals surface area (Å²) in [5, 5.41) is 3.20. The van der Waals surface area contributed by atoms with Gasteiger partial charge in [0.1, 0.15) is 11.4 Å². The van der Waals surface area contributed by atoms with E-state index in [0.29, 0.717) is 9.13 Å². The lowest BCUT2D eigenvalue weighted by Crippen LogP contribution is -2.62. The Morgan fingerprint density at radius 2 is 1.78 bits per heavy atom. The van der Waals surface area contributed by atoms with Crippen molar-refractivity contribution in [1.82, 2.24) is 14.5 Å². The van der Waals surface area contributed by atoms with Gasteiger partial charge in [-0.2, -0.15) is 13.2 Å². The van der Waals surface area contributed by atoms with Gasteiger partial charge in [-0.25, -0.2) is 9.59 Å². The van der Waals surface area contributed by atoms with E-state index in [0.717, 1.165) is 21.2 Å². The summed E-state index contributed by atoms with van der Waals surface area (Å²) in [7, 11) is 2.82. The first-order valence-corrected chi connectivity index (χ1v) is 6.03. The summed E-state index contributed by atoms with van der Waals surface area (Å²) in [6.45, 7) is 0. The number of fused-ring (bicyclic) bond motifs is 1. The summed E-state index contributed by atoms with van der Waals surface area (Å²) < 4.78 is 46.0. The standard InChI is InChI=1S/C11H11F3N4O5/c1-17-5-4(6(19)18(2)9(17)22)10(7(20)15-5,11(12,13)14)16-8(21)23-3/h1-3H3,(H,15,20)(H,16,21). The number of carbonyl (C=O) groups is 2. The van der Waals surface area contributed by atoms with Crippen LogP contribution in [0.25, 0.3) is 0 Å². The summed E-state index contributed by atoms with van der Waals surface area (Å²) in [4.78, 5) is 47.3. The van der Waals surface area contributed by atoms with Crippen LogP contribution in [-0.2, 0) is 29.2 Å². The summed E-state index contributed by atoms with van der Waals surface area (Å²) in [6, 6.07) is 0. The minimum atomic E-state index is -5.36. The predicted molar refractivity (Wildman–Crippen MR) is 68.8 cm³/mol. The van der Waals surface area contributed by atoms with Gasteiger partial charge in [-0.15, -0.1) is 0 Å². The van der Waals surface area contributed by atoms with Gasteiger partial charge in [-0.3, -0.25) is 24.0 Å². The summed E-state index contributed by atoms with van der Waals surface area (Å²) in [5.74, 6) is -2.36. The molecule has 1 aliphatic heterocycles. The minimum Gasteiger partial charge on any atom is -0.453 e. The van der Waals surface area contributed by atoms with E-state index < -0.39 is 46.3 Å². The molecule has 0 spiro atoms. The molecule has 2 heterocycles. The lowest BCUT2D eigenvalue weighted by atomic mass is 9.92. The molecule has 126 valence electrons. The zero-order valence-corrected chi connectivity index (χ0v) is 12.1. The molecule has 2 amide bonds. The Balaban J connectivity index is 2.94. The molecule has 0 fully saturated rings. The van der Waals surface area contributed by atoms with E-state index in [4.69, 9.17) is 0 Å². The molecule has 1 aromatic heterocycles. The van der Waals surface area contributed by atoms with Crippen LogP contribution < -0.4 is 21.9 Å². The number of halogens is 3. The largest absolute Gasteiger partial charge is 0.453 e. The number of rotatable bonds is 1. The zero-order valence-electron chi connectivity index (χ0n) is 12.1. The van der Waals surface area contributed by atoms with Crippen LogP contribution in [0.3, 0.4) is 0 Å². The fraction of sp³-hybridized carbons (Fsp3) is 0.455. The predicted octanol–water partition coefficient (Wildman–Crippen LogP) is -0.850. The molecule has 1 aromatic rings. The molecular formula is C11H11F3N4O5. The first-order valence-electron chi connectivity index (χ1n) is 6.03. The molecule has 0 saturated carbocycles. The fourth-order valence-corrected chi connectivity index (χ4v) is 2.31. The van der Waals surface area contributed by atoms with Crippen molar-refractivity contribution in [2.24, 2.45) is 14.1 Å². The van der Waals surface area contributed by atoms with E-state index in [-0.39, 0.29) is 0 Å². The van der Waals surface area contributed by atoms with E-state index in [2.05, 4.69) is 4.74 Å². The maximum atomic E-state index is 13.6. The highest BCUT2D eigenvalue weighted by atomic mass is 19.4. The molecule has 0 bridgehead atoms. The number of amides is 2. The highest BCUT2D eigenvalue weighted by molar-refractivity contribution is 6.07. The second-order valence-corrected chi connectivity index (χ2v) is 4.75. The van der Waals surface area contributed by atoms with Crippen LogP contribution in [0.2, 0.25) is 0 Å². The topological polar surface area (TPSA) is 111 Å². The molecule has 0 aromatic carbocycles. The molecule has 0 aliphatic carbocycles. The highest BCUT2D eigenvalue weighted by Gasteiger charge is 2.68. The molecule has 1 aliphatic rings. The summed E-state index contributed by atoms with van der Waals surface area (Å²) >= 11 is 0. The van der Waals surface area contributed by atoms with E-state index in [1.165, 1.54) is 5.32 Å². The molecule has 23 heavy (non-hydrogen) atoms. The van der Waals surface area contributed by atoms with Gasteiger partial charge in [-0.1, -0.05) is 0 Å². The summed E-state index contributed by atoms with van der Waals surface area (Å²) in [6.07, 6.45) is -6.93. The normalized spacial score (nSPS) is 20.0. The average molecular weight is 336 g/mol. The zero-order chi connectivity index (χ0) is 17.7. The van der Waals surface area contributed by atoms with E-state index in [9.17, 15) is 32.3 Å². The number of carbonyl (C=O) groups excluding carboxylic acids is 2. The third-order valence-electron chi connectivity index (χ3n) is 3.51.